The average Bonchev–Trinajstić information content (AvgIpc) is 2.49. The summed E-state index contributed by atoms with van der Waals surface area (Å²) >= 11 is 0. The lowest BCUT2D eigenvalue weighted by Gasteiger charge is -2.20. The van der Waals surface area contributed by atoms with Gasteiger partial charge in [-0.05, 0) is 12.1 Å². The molecule has 2 aromatic carbocycles. The summed E-state index contributed by atoms with van der Waals surface area (Å²) in [6.45, 7) is 0.0585. The molecule has 0 bridgehead atoms. The van der Waals surface area contributed by atoms with Gasteiger partial charge in [-0.3, -0.25) is 14.2 Å². The number of Topliss-reactive ketones (excluding diaryl/α,β-unsaturated/α-hetero) is 1. The lowest BCUT2D eigenvalue weighted by atomic mass is 9.99. The van der Waals surface area contributed by atoms with E-state index >= 15 is 0 Å². The van der Waals surface area contributed by atoms with Crippen molar-refractivity contribution in [1.82, 2.24) is 9.55 Å². The van der Waals surface area contributed by atoms with Gasteiger partial charge >= 0.3 is 0 Å². The van der Waals surface area contributed by atoms with Crippen molar-refractivity contribution in [3.63, 3.8) is 0 Å². The molecule has 20 heavy (non-hydrogen) atoms. The topological polar surface area (TPSA) is 52.0 Å². The zero-order chi connectivity index (χ0) is 13.7. The van der Waals surface area contributed by atoms with Crippen LogP contribution in [0.25, 0.3) is 22.3 Å². The predicted molar refractivity (Wildman–Crippen MR) is 75.8 cm³/mol. The summed E-state index contributed by atoms with van der Waals surface area (Å²) in [5, 5.41) is 0.545. The van der Waals surface area contributed by atoms with Crippen LogP contribution in [0.2, 0.25) is 0 Å². The molecule has 1 aliphatic rings. The molecule has 0 atom stereocenters. The number of nitrogens with zero attached hydrogens (tertiary/aromatic N) is 2. The first-order valence-electron chi connectivity index (χ1n) is 6.38. The van der Waals surface area contributed by atoms with Gasteiger partial charge in [0.25, 0.3) is 5.56 Å². The Labute approximate surface area is 114 Å². The predicted octanol–water partition coefficient (Wildman–Crippen LogP) is 2.26. The molecule has 4 nitrogen and oxygen atoms in total. The Morgan fingerprint density at radius 3 is 2.45 bits per heavy atom. The van der Waals surface area contributed by atoms with Crippen LogP contribution in [0.3, 0.4) is 0 Å². The number of fused-ring (bicyclic) bond motifs is 4. The zero-order valence-electron chi connectivity index (χ0n) is 10.5. The van der Waals surface area contributed by atoms with E-state index in [0.29, 0.717) is 22.3 Å². The van der Waals surface area contributed by atoms with Gasteiger partial charge in [0.05, 0.1) is 17.4 Å². The maximum atomic E-state index is 12.5. The molecule has 4 rings (SSSR count). The number of para-hydroxylation sites is 1. The second-order valence-corrected chi connectivity index (χ2v) is 4.81. The molecule has 0 aliphatic carbocycles. The van der Waals surface area contributed by atoms with E-state index in [1.807, 2.05) is 30.3 Å². The Balaban J connectivity index is 2.17. The third kappa shape index (κ3) is 1.39. The lowest BCUT2D eigenvalue weighted by Crippen LogP contribution is -2.30. The Kier molecular flexibility index (Phi) is 2.15. The molecule has 0 radical (unpaired) electrons. The Morgan fingerprint density at radius 1 is 0.900 bits per heavy atom. The number of benzene rings is 2. The number of hydrogen-bond acceptors (Lipinski definition) is 3. The van der Waals surface area contributed by atoms with Crippen LogP contribution < -0.4 is 5.56 Å². The summed E-state index contributed by atoms with van der Waals surface area (Å²) in [6, 6.07) is 14.5. The van der Waals surface area contributed by atoms with Gasteiger partial charge in [0.2, 0.25) is 0 Å². The molecule has 0 saturated carbocycles. The van der Waals surface area contributed by atoms with E-state index in [2.05, 4.69) is 4.98 Å². The number of carbonyl (C=O) groups excluding carboxylic acids is 1. The molecule has 0 unspecified atom stereocenters. The van der Waals surface area contributed by atoms with Gasteiger partial charge in [-0.2, -0.15) is 0 Å². The van der Waals surface area contributed by atoms with Crippen LogP contribution >= 0.6 is 0 Å². The molecule has 96 valence electrons. The fraction of sp³-hybridized carbons (Fsp3) is 0.0625. The van der Waals surface area contributed by atoms with Crippen molar-refractivity contribution in [2.75, 3.05) is 0 Å². The Morgan fingerprint density at radius 2 is 1.60 bits per heavy atom. The van der Waals surface area contributed by atoms with Crippen molar-refractivity contribution in [2.45, 2.75) is 6.54 Å². The second-order valence-electron chi connectivity index (χ2n) is 4.81. The fourth-order valence-corrected chi connectivity index (χ4v) is 2.67. The van der Waals surface area contributed by atoms with E-state index in [1.54, 1.807) is 18.2 Å². The van der Waals surface area contributed by atoms with Gasteiger partial charge in [-0.15, -0.1) is 0 Å². The highest BCUT2D eigenvalue weighted by Gasteiger charge is 2.24. The third-order valence-electron chi connectivity index (χ3n) is 3.63. The summed E-state index contributed by atoms with van der Waals surface area (Å²) in [6.07, 6.45) is 0. The molecular formula is C16H10N2O2. The lowest BCUT2D eigenvalue weighted by molar-refractivity contribution is 0.0968. The Bertz CT molecular complexity index is 925. The molecule has 1 aliphatic heterocycles. The van der Waals surface area contributed by atoms with E-state index in [9.17, 15) is 9.59 Å². The number of carbonyl (C=O) groups is 1. The summed E-state index contributed by atoms with van der Waals surface area (Å²) in [5.74, 6) is 0.524. The minimum Gasteiger partial charge on any atom is -0.292 e. The molecule has 0 spiro atoms. The first kappa shape index (κ1) is 11.1. The van der Waals surface area contributed by atoms with Crippen LogP contribution in [0, 0.1) is 0 Å². The largest absolute Gasteiger partial charge is 0.292 e. The van der Waals surface area contributed by atoms with E-state index in [4.69, 9.17) is 0 Å². The quantitative estimate of drug-likeness (QED) is 0.624. The second kappa shape index (κ2) is 3.87. The maximum Gasteiger partial charge on any atom is 0.262 e. The molecule has 3 aromatic rings. The molecule has 0 fully saturated rings. The van der Waals surface area contributed by atoms with Crippen LogP contribution in [-0.2, 0) is 6.54 Å². The summed E-state index contributed by atoms with van der Waals surface area (Å²) in [4.78, 5) is 29.2. The minimum absolute atomic E-state index is 0.0488. The van der Waals surface area contributed by atoms with Gasteiger partial charge in [-0.1, -0.05) is 36.4 Å². The summed E-state index contributed by atoms with van der Waals surface area (Å²) in [7, 11) is 0. The highest BCUT2D eigenvalue weighted by atomic mass is 16.1. The highest BCUT2D eigenvalue weighted by molar-refractivity contribution is 6.04. The summed E-state index contributed by atoms with van der Waals surface area (Å²) in [5.41, 5.74) is 1.86. The molecule has 4 heteroatoms. The Hall–Kier alpha value is -2.75. The van der Waals surface area contributed by atoms with Gasteiger partial charge in [0, 0.05) is 11.1 Å². The fourth-order valence-electron chi connectivity index (χ4n) is 2.67. The van der Waals surface area contributed by atoms with Crippen LogP contribution in [0.1, 0.15) is 10.4 Å². The van der Waals surface area contributed by atoms with Crippen molar-refractivity contribution in [2.24, 2.45) is 0 Å². The van der Waals surface area contributed by atoms with E-state index in [-0.39, 0.29) is 17.9 Å². The van der Waals surface area contributed by atoms with Crippen molar-refractivity contribution in [3.8, 4) is 11.4 Å². The highest BCUT2D eigenvalue weighted by Crippen LogP contribution is 2.27. The van der Waals surface area contributed by atoms with E-state index in [1.165, 1.54) is 4.57 Å². The van der Waals surface area contributed by atoms with Crippen molar-refractivity contribution >= 4 is 16.7 Å². The van der Waals surface area contributed by atoms with Gasteiger partial charge < -0.3 is 0 Å². The number of rotatable bonds is 0. The molecule has 0 amide bonds. The van der Waals surface area contributed by atoms with Crippen LogP contribution in [0.4, 0.5) is 0 Å². The van der Waals surface area contributed by atoms with Gasteiger partial charge in [0.15, 0.2) is 5.78 Å². The zero-order valence-corrected chi connectivity index (χ0v) is 10.5. The van der Waals surface area contributed by atoms with Gasteiger partial charge in [-0.25, -0.2) is 4.98 Å². The van der Waals surface area contributed by atoms with Crippen LogP contribution in [0.15, 0.2) is 53.3 Å². The standard InChI is InChI=1S/C16H10N2O2/c19-14-9-18-15(11-6-2-1-5-10(11)14)17-13-8-4-3-7-12(13)16(18)20/h1-8H,9H2. The number of aromatic nitrogens is 2. The molecule has 0 saturated heterocycles. The monoisotopic (exact) mass is 262 g/mol. The van der Waals surface area contributed by atoms with E-state index < -0.39 is 0 Å². The van der Waals surface area contributed by atoms with Crippen molar-refractivity contribution in [3.05, 3.63) is 64.4 Å². The minimum atomic E-state index is -0.159. The van der Waals surface area contributed by atoms with Crippen molar-refractivity contribution < 1.29 is 4.79 Å². The normalized spacial score (nSPS) is 13.1. The smallest absolute Gasteiger partial charge is 0.262 e. The number of hydrogen-bond donors (Lipinski definition) is 0. The summed E-state index contributed by atoms with van der Waals surface area (Å²) < 4.78 is 1.47. The molecule has 1 aromatic heterocycles. The van der Waals surface area contributed by atoms with Crippen LogP contribution in [-0.4, -0.2) is 15.3 Å². The average molecular weight is 262 g/mol. The maximum absolute atomic E-state index is 12.5. The SMILES string of the molecule is O=C1Cn2c(nc3ccccc3c2=O)-c2ccccc21. The van der Waals surface area contributed by atoms with E-state index in [0.717, 1.165) is 5.56 Å². The van der Waals surface area contributed by atoms with Crippen LogP contribution in [0.5, 0.6) is 0 Å². The first-order chi connectivity index (χ1) is 9.75. The third-order valence-corrected chi connectivity index (χ3v) is 3.63. The first-order valence-corrected chi connectivity index (χ1v) is 6.38. The van der Waals surface area contributed by atoms with Crippen molar-refractivity contribution in [1.29, 1.82) is 0 Å². The van der Waals surface area contributed by atoms with Gasteiger partial charge in [0.1, 0.15) is 5.82 Å². The number of ketones is 1. The molecule has 2 heterocycles. The molecule has 0 N–H and O–H groups in total. The molecular weight excluding hydrogens is 252 g/mol.